The van der Waals surface area contributed by atoms with Crippen LogP contribution >= 0.6 is 11.6 Å². The molecule has 224 valence electrons. The first kappa shape index (κ1) is 30.4. The number of piperazine rings is 1. The highest BCUT2D eigenvalue weighted by atomic mass is 35.5. The normalized spacial score (nSPS) is 27.9. The summed E-state index contributed by atoms with van der Waals surface area (Å²) < 4.78 is 48.4. The van der Waals surface area contributed by atoms with Crippen molar-refractivity contribution >= 4 is 33.2 Å². The van der Waals surface area contributed by atoms with Gasteiger partial charge in [-0.1, -0.05) is 29.8 Å². The fourth-order valence-electron chi connectivity index (χ4n) is 6.78. The van der Waals surface area contributed by atoms with Crippen LogP contribution in [0.25, 0.3) is 0 Å². The summed E-state index contributed by atoms with van der Waals surface area (Å²) in [7, 11) is -3.33. The lowest BCUT2D eigenvalue weighted by atomic mass is 9.75. The topological polar surface area (TPSA) is 87.7 Å². The van der Waals surface area contributed by atoms with Gasteiger partial charge < -0.3 is 15.4 Å². The predicted octanol–water partition coefficient (Wildman–Crippen LogP) is 5.50. The van der Waals surface area contributed by atoms with Gasteiger partial charge in [0.05, 0.1) is 11.4 Å². The zero-order chi connectivity index (χ0) is 29.2. The Morgan fingerprint density at radius 1 is 1.22 bits per heavy atom. The second-order valence-electron chi connectivity index (χ2n) is 12.4. The maximum Gasteiger partial charge on any atom is 0.225 e. The van der Waals surface area contributed by atoms with E-state index in [0.717, 1.165) is 24.8 Å². The van der Waals surface area contributed by atoms with Crippen LogP contribution in [0.5, 0.6) is 0 Å². The van der Waals surface area contributed by atoms with Crippen LogP contribution in [0.4, 0.5) is 10.1 Å². The highest BCUT2D eigenvalue weighted by molar-refractivity contribution is 7.89. The summed E-state index contributed by atoms with van der Waals surface area (Å²) in [4.78, 5) is 13.5. The van der Waals surface area contributed by atoms with Crippen molar-refractivity contribution in [2.45, 2.75) is 82.4 Å². The van der Waals surface area contributed by atoms with E-state index in [-0.39, 0.29) is 47.6 Å². The van der Waals surface area contributed by atoms with Gasteiger partial charge in [0.25, 0.3) is 0 Å². The van der Waals surface area contributed by atoms with Crippen LogP contribution in [0.3, 0.4) is 0 Å². The van der Waals surface area contributed by atoms with Gasteiger partial charge in [0.1, 0.15) is 5.82 Å². The van der Waals surface area contributed by atoms with E-state index in [1.165, 1.54) is 6.07 Å². The highest BCUT2D eigenvalue weighted by Crippen LogP contribution is 2.40. The number of benzene rings is 2. The average molecular weight is 606 g/mol. The number of hydrogen-bond acceptors (Lipinski definition) is 5. The number of halogens is 2. The Labute approximate surface area is 248 Å². The van der Waals surface area contributed by atoms with Gasteiger partial charge in [0.15, 0.2) is 0 Å². The minimum Gasteiger partial charge on any atom is -0.376 e. The molecule has 3 saturated heterocycles. The molecule has 41 heavy (non-hydrogen) atoms. The number of rotatable bonds is 8. The molecule has 5 atom stereocenters. The molecule has 5 rings (SSSR count). The maximum absolute atomic E-state index is 15.1. The molecule has 3 heterocycles. The molecule has 2 bridgehead atoms. The van der Waals surface area contributed by atoms with Gasteiger partial charge in [-0.05, 0) is 94.0 Å². The van der Waals surface area contributed by atoms with E-state index in [1.54, 1.807) is 16.4 Å². The first-order valence-electron chi connectivity index (χ1n) is 14.7. The minimum absolute atomic E-state index is 0.0399. The second kappa shape index (κ2) is 12.7. The zero-order valence-corrected chi connectivity index (χ0v) is 25.4. The van der Waals surface area contributed by atoms with Gasteiger partial charge in [-0.3, -0.25) is 4.79 Å². The van der Waals surface area contributed by atoms with Gasteiger partial charge in [0, 0.05) is 54.5 Å². The van der Waals surface area contributed by atoms with Crippen LogP contribution in [0.1, 0.15) is 69.4 Å². The Balaban J connectivity index is 1.31. The summed E-state index contributed by atoms with van der Waals surface area (Å²) in [5.41, 5.74) is 1.63. The molecule has 10 heteroatoms. The van der Waals surface area contributed by atoms with Crippen molar-refractivity contribution in [3.05, 3.63) is 64.4 Å². The Kier molecular flexibility index (Phi) is 9.40. The van der Waals surface area contributed by atoms with E-state index in [0.29, 0.717) is 55.2 Å². The lowest BCUT2D eigenvalue weighted by Crippen LogP contribution is -2.57. The van der Waals surface area contributed by atoms with Crippen LogP contribution in [0.2, 0.25) is 5.02 Å². The number of nitrogens with zero attached hydrogens (tertiary/aromatic N) is 1. The van der Waals surface area contributed by atoms with Crippen LogP contribution < -0.4 is 10.6 Å². The first-order chi connectivity index (χ1) is 19.5. The van der Waals surface area contributed by atoms with E-state index in [1.807, 2.05) is 24.3 Å². The van der Waals surface area contributed by atoms with E-state index in [2.05, 4.69) is 24.5 Å². The number of fused-ring (bicyclic) bond motifs is 2. The van der Waals surface area contributed by atoms with E-state index in [4.69, 9.17) is 16.3 Å². The van der Waals surface area contributed by atoms with Crippen molar-refractivity contribution in [1.29, 1.82) is 0 Å². The fraction of sp³-hybridized carbons (Fsp3) is 0.581. The molecule has 0 aliphatic carbocycles. The monoisotopic (exact) mass is 605 g/mol. The summed E-state index contributed by atoms with van der Waals surface area (Å²) >= 11 is 6.16. The van der Waals surface area contributed by atoms with Crippen LogP contribution in [-0.4, -0.2) is 61.8 Å². The summed E-state index contributed by atoms with van der Waals surface area (Å²) in [5.74, 6) is -0.221. The highest BCUT2D eigenvalue weighted by Gasteiger charge is 2.38. The molecule has 2 N–H and O–H groups in total. The molecule has 5 unspecified atom stereocenters. The van der Waals surface area contributed by atoms with Crippen molar-refractivity contribution in [2.75, 3.05) is 30.8 Å². The van der Waals surface area contributed by atoms with Gasteiger partial charge >= 0.3 is 0 Å². The molecular weight excluding hydrogens is 565 g/mol. The number of carbonyl (C=O) groups is 1. The van der Waals surface area contributed by atoms with Gasteiger partial charge in [0.2, 0.25) is 15.9 Å². The number of anilines is 1. The third-order valence-electron chi connectivity index (χ3n) is 8.89. The van der Waals surface area contributed by atoms with Gasteiger partial charge in [-0.2, -0.15) is 4.31 Å². The van der Waals surface area contributed by atoms with Gasteiger partial charge in [-0.15, -0.1) is 0 Å². The summed E-state index contributed by atoms with van der Waals surface area (Å²) in [6.07, 6.45) is 4.20. The van der Waals surface area contributed by atoms with Crippen LogP contribution in [0.15, 0.2) is 42.5 Å². The number of carbonyl (C=O) groups excluding carboxylic acids is 1. The van der Waals surface area contributed by atoms with E-state index >= 15 is 4.39 Å². The first-order valence-corrected chi connectivity index (χ1v) is 16.7. The van der Waals surface area contributed by atoms with Crippen LogP contribution in [-0.2, 0) is 26.0 Å². The largest absolute Gasteiger partial charge is 0.376 e. The minimum atomic E-state index is -3.33. The fourth-order valence-corrected chi connectivity index (χ4v) is 8.71. The predicted molar refractivity (Wildman–Crippen MR) is 160 cm³/mol. The molecule has 0 saturated carbocycles. The molecular formula is C31H41ClFN3O4S. The molecule has 3 fully saturated rings. The average Bonchev–Trinajstić information content (AvgIpc) is 3.03. The molecule has 0 aromatic heterocycles. The molecule has 3 aliphatic rings. The quantitative estimate of drug-likeness (QED) is 0.415. The Hall–Kier alpha value is -2.04. The maximum atomic E-state index is 15.1. The zero-order valence-electron chi connectivity index (χ0n) is 23.9. The van der Waals surface area contributed by atoms with Crippen molar-refractivity contribution < 1.29 is 22.3 Å². The van der Waals surface area contributed by atoms with Gasteiger partial charge in [-0.25, -0.2) is 12.8 Å². The molecule has 7 nitrogen and oxygen atoms in total. The summed E-state index contributed by atoms with van der Waals surface area (Å²) in [6, 6.07) is 12.3. The van der Waals surface area contributed by atoms with E-state index < -0.39 is 15.8 Å². The second-order valence-corrected chi connectivity index (χ2v) is 14.8. The SMILES string of the molecule is CC1(C)CC(C(CC(=O)Nc2cccc(F)c2CCC2CNC3CCCS(=O)(=O)N2C3)c2ccc(Cl)cc2)CCO1. The number of ether oxygens (including phenoxy) is 1. The number of nitrogens with one attached hydrogen (secondary N) is 2. The van der Waals surface area contributed by atoms with Crippen molar-refractivity contribution in [2.24, 2.45) is 5.92 Å². The summed E-state index contributed by atoms with van der Waals surface area (Å²) in [5, 5.41) is 7.11. The lowest BCUT2D eigenvalue weighted by molar-refractivity contribution is -0.118. The Bertz CT molecular complexity index is 1340. The van der Waals surface area contributed by atoms with Crippen LogP contribution in [0, 0.1) is 11.7 Å². The molecule has 2 aromatic rings. The molecule has 0 radical (unpaired) electrons. The van der Waals surface area contributed by atoms with Crippen molar-refractivity contribution in [1.82, 2.24) is 9.62 Å². The molecule has 1 amide bonds. The van der Waals surface area contributed by atoms with Crippen molar-refractivity contribution in [3.63, 3.8) is 0 Å². The lowest BCUT2D eigenvalue weighted by Gasteiger charge is -2.39. The number of hydrogen-bond donors (Lipinski definition) is 2. The van der Waals surface area contributed by atoms with E-state index in [9.17, 15) is 13.2 Å². The Morgan fingerprint density at radius 3 is 2.76 bits per heavy atom. The third-order valence-corrected chi connectivity index (χ3v) is 11.1. The third kappa shape index (κ3) is 7.49. The molecule has 3 aliphatic heterocycles. The Morgan fingerprint density at radius 2 is 2.00 bits per heavy atom. The smallest absolute Gasteiger partial charge is 0.225 e. The molecule has 0 spiro atoms. The molecule has 2 aromatic carbocycles. The number of amides is 1. The van der Waals surface area contributed by atoms with Crippen molar-refractivity contribution in [3.8, 4) is 0 Å². The standard InChI is InChI=1S/C31H41ClFN3O4S/c1-31(2)18-22(14-15-40-31)27(21-8-10-23(32)11-9-21)17-30(37)35-29-7-3-6-28(33)26(29)13-12-25-19-34-24-5-4-16-41(38,39)36(25)20-24/h3,6-11,22,24-25,27,34H,4-5,12-20H2,1-2H3,(H,35,37). The summed E-state index contributed by atoms with van der Waals surface area (Å²) in [6.45, 7) is 5.81. The number of sulfonamides is 1.